The molecule has 1 saturated heterocycles. The summed E-state index contributed by atoms with van der Waals surface area (Å²) in [6.45, 7) is 0.754. The van der Waals surface area contributed by atoms with Crippen LogP contribution in [-0.2, 0) is 4.79 Å². The second kappa shape index (κ2) is 5.32. The first kappa shape index (κ1) is 12.8. The highest BCUT2D eigenvalue weighted by Gasteiger charge is 2.34. The Morgan fingerprint density at radius 1 is 1.33 bits per heavy atom. The van der Waals surface area contributed by atoms with Gasteiger partial charge in [-0.3, -0.25) is 14.5 Å². The van der Waals surface area contributed by atoms with Gasteiger partial charge >= 0.3 is 0 Å². The lowest BCUT2D eigenvalue weighted by atomic mass is 10.2. The molecule has 0 bridgehead atoms. The number of carbonyl (C=O) groups is 2. The van der Waals surface area contributed by atoms with Gasteiger partial charge in [0.05, 0.1) is 18.0 Å². The number of imide groups is 1. The Kier molecular flexibility index (Phi) is 3.78. The van der Waals surface area contributed by atoms with Gasteiger partial charge < -0.3 is 5.73 Å². The molecule has 1 aliphatic rings. The van der Waals surface area contributed by atoms with Gasteiger partial charge in [-0.25, -0.2) is 4.39 Å². The molecular formula is C12H12FN2O2S+. The van der Waals surface area contributed by atoms with E-state index < -0.39 is 5.82 Å². The fraction of sp³-hybridized carbons (Fsp3) is 0.167. The van der Waals surface area contributed by atoms with Crippen LogP contribution in [0.5, 0.6) is 0 Å². The summed E-state index contributed by atoms with van der Waals surface area (Å²) in [6.07, 6.45) is 1.41. The SMILES string of the molecule is [NH3+]CCN1C(=O)S/C(=C\c2ccccc2F)C1=O. The van der Waals surface area contributed by atoms with Gasteiger partial charge in [0.15, 0.2) is 0 Å². The van der Waals surface area contributed by atoms with Gasteiger partial charge in [-0.2, -0.15) is 0 Å². The summed E-state index contributed by atoms with van der Waals surface area (Å²) in [4.78, 5) is 24.8. The first-order chi connectivity index (χ1) is 8.63. The van der Waals surface area contributed by atoms with Gasteiger partial charge in [0.25, 0.3) is 11.1 Å². The van der Waals surface area contributed by atoms with E-state index in [0.717, 1.165) is 16.7 Å². The molecule has 0 radical (unpaired) electrons. The molecule has 4 nitrogen and oxygen atoms in total. The largest absolute Gasteiger partial charge is 0.356 e. The van der Waals surface area contributed by atoms with Crippen LogP contribution in [0.2, 0.25) is 0 Å². The molecule has 3 N–H and O–H groups in total. The zero-order valence-electron chi connectivity index (χ0n) is 9.56. The van der Waals surface area contributed by atoms with Crippen molar-refractivity contribution < 1.29 is 19.7 Å². The minimum absolute atomic E-state index is 0.249. The molecule has 6 heteroatoms. The van der Waals surface area contributed by atoms with Crippen LogP contribution in [0.15, 0.2) is 29.2 Å². The minimum atomic E-state index is -0.415. The maximum absolute atomic E-state index is 13.4. The summed E-state index contributed by atoms with van der Waals surface area (Å²) in [5, 5.41) is -0.328. The van der Waals surface area contributed by atoms with Crippen molar-refractivity contribution in [2.75, 3.05) is 13.1 Å². The minimum Gasteiger partial charge on any atom is -0.356 e. The van der Waals surface area contributed by atoms with E-state index in [0.29, 0.717) is 18.7 Å². The van der Waals surface area contributed by atoms with Crippen LogP contribution in [0.25, 0.3) is 6.08 Å². The van der Waals surface area contributed by atoms with Crippen molar-refractivity contribution >= 4 is 29.0 Å². The van der Waals surface area contributed by atoms with Gasteiger partial charge in [0.2, 0.25) is 0 Å². The van der Waals surface area contributed by atoms with Crippen LogP contribution in [-0.4, -0.2) is 29.1 Å². The molecule has 18 heavy (non-hydrogen) atoms. The average Bonchev–Trinajstić information content (AvgIpc) is 2.60. The number of hydrogen-bond donors (Lipinski definition) is 1. The first-order valence-corrected chi connectivity index (χ1v) is 6.24. The van der Waals surface area contributed by atoms with Crippen molar-refractivity contribution in [3.8, 4) is 0 Å². The molecule has 2 amide bonds. The Bertz CT molecular complexity index is 531. The summed E-state index contributed by atoms with van der Waals surface area (Å²) < 4.78 is 13.4. The fourth-order valence-electron chi connectivity index (χ4n) is 1.58. The zero-order chi connectivity index (χ0) is 13.1. The fourth-order valence-corrected chi connectivity index (χ4v) is 2.44. The number of quaternary nitrogens is 1. The predicted octanol–water partition coefficient (Wildman–Crippen LogP) is 1.10. The number of halogens is 1. The molecule has 0 aliphatic carbocycles. The second-order valence-electron chi connectivity index (χ2n) is 3.71. The highest BCUT2D eigenvalue weighted by atomic mass is 32.2. The van der Waals surface area contributed by atoms with E-state index in [1.807, 2.05) is 0 Å². The van der Waals surface area contributed by atoms with E-state index in [4.69, 9.17) is 0 Å². The van der Waals surface area contributed by atoms with E-state index in [9.17, 15) is 14.0 Å². The van der Waals surface area contributed by atoms with E-state index in [-0.39, 0.29) is 16.1 Å². The molecule has 1 fully saturated rings. The third-order valence-corrected chi connectivity index (χ3v) is 3.35. The Hall–Kier alpha value is -1.66. The molecule has 1 heterocycles. The molecule has 94 valence electrons. The first-order valence-electron chi connectivity index (χ1n) is 5.42. The van der Waals surface area contributed by atoms with Crippen LogP contribution in [0, 0.1) is 5.82 Å². The van der Waals surface area contributed by atoms with E-state index >= 15 is 0 Å². The van der Waals surface area contributed by atoms with Gasteiger partial charge in [-0.05, 0) is 23.9 Å². The zero-order valence-corrected chi connectivity index (χ0v) is 10.4. The third kappa shape index (κ3) is 2.44. The number of amides is 2. The molecule has 0 atom stereocenters. The monoisotopic (exact) mass is 267 g/mol. The Morgan fingerprint density at radius 3 is 2.72 bits per heavy atom. The number of carbonyl (C=O) groups excluding carboxylic acids is 2. The summed E-state index contributed by atoms with van der Waals surface area (Å²) in [6, 6.07) is 6.12. The number of hydrogen-bond acceptors (Lipinski definition) is 3. The standard InChI is InChI=1S/C12H11FN2O2S/c13-9-4-2-1-3-8(9)7-10-11(16)15(6-5-14)12(17)18-10/h1-4,7H,5-6,14H2/p+1/b10-7-. The molecule has 1 aliphatic heterocycles. The molecule has 2 rings (SSSR count). The van der Waals surface area contributed by atoms with Crippen LogP contribution in [0.4, 0.5) is 9.18 Å². The maximum atomic E-state index is 13.4. The molecule has 0 saturated carbocycles. The number of thioether (sulfide) groups is 1. The van der Waals surface area contributed by atoms with Crippen molar-refractivity contribution in [2.24, 2.45) is 0 Å². The van der Waals surface area contributed by atoms with E-state index in [1.54, 1.807) is 18.2 Å². The normalized spacial score (nSPS) is 17.9. The summed E-state index contributed by atoms with van der Waals surface area (Å²) in [5.74, 6) is -0.793. The highest BCUT2D eigenvalue weighted by molar-refractivity contribution is 8.18. The van der Waals surface area contributed by atoms with Crippen LogP contribution < -0.4 is 5.73 Å². The quantitative estimate of drug-likeness (QED) is 0.834. The van der Waals surface area contributed by atoms with Crippen molar-refractivity contribution in [1.82, 2.24) is 4.90 Å². The van der Waals surface area contributed by atoms with Crippen molar-refractivity contribution in [3.63, 3.8) is 0 Å². The van der Waals surface area contributed by atoms with Gasteiger partial charge in [-0.1, -0.05) is 18.2 Å². The Balaban J connectivity index is 2.28. The Labute approximate surface area is 108 Å². The summed E-state index contributed by atoms with van der Waals surface area (Å²) in [7, 11) is 0. The molecule has 0 unspecified atom stereocenters. The summed E-state index contributed by atoms with van der Waals surface area (Å²) in [5.41, 5.74) is 3.91. The predicted molar refractivity (Wildman–Crippen MR) is 66.8 cm³/mol. The summed E-state index contributed by atoms with van der Waals surface area (Å²) >= 11 is 0.829. The third-order valence-electron chi connectivity index (χ3n) is 2.45. The van der Waals surface area contributed by atoms with Gasteiger partial charge in [-0.15, -0.1) is 0 Å². The lowest BCUT2D eigenvalue weighted by Gasteiger charge is -2.08. The number of rotatable bonds is 3. The lowest BCUT2D eigenvalue weighted by Crippen LogP contribution is -2.55. The van der Waals surface area contributed by atoms with Gasteiger partial charge in [0.1, 0.15) is 5.82 Å². The average molecular weight is 267 g/mol. The van der Waals surface area contributed by atoms with Crippen molar-refractivity contribution in [1.29, 1.82) is 0 Å². The van der Waals surface area contributed by atoms with E-state index in [2.05, 4.69) is 5.73 Å². The highest BCUT2D eigenvalue weighted by Crippen LogP contribution is 2.32. The number of benzene rings is 1. The molecular weight excluding hydrogens is 255 g/mol. The van der Waals surface area contributed by atoms with Crippen molar-refractivity contribution in [2.45, 2.75) is 0 Å². The topological polar surface area (TPSA) is 65.0 Å². The smallest absolute Gasteiger partial charge is 0.293 e. The molecule has 1 aromatic rings. The lowest BCUT2D eigenvalue weighted by molar-refractivity contribution is -0.367. The van der Waals surface area contributed by atoms with Gasteiger partial charge in [0, 0.05) is 5.56 Å². The van der Waals surface area contributed by atoms with E-state index in [1.165, 1.54) is 12.1 Å². The molecule has 0 aromatic heterocycles. The molecule has 1 aromatic carbocycles. The number of nitrogens with zero attached hydrogens (tertiary/aromatic N) is 1. The molecule has 0 spiro atoms. The van der Waals surface area contributed by atoms with Crippen LogP contribution in [0.1, 0.15) is 5.56 Å². The van der Waals surface area contributed by atoms with Crippen LogP contribution >= 0.6 is 11.8 Å². The Morgan fingerprint density at radius 2 is 2.06 bits per heavy atom. The van der Waals surface area contributed by atoms with Crippen molar-refractivity contribution in [3.05, 3.63) is 40.6 Å². The van der Waals surface area contributed by atoms with Crippen LogP contribution in [0.3, 0.4) is 0 Å². The second-order valence-corrected chi connectivity index (χ2v) is 4.70. The maximum Gasteiger partial charge on any atom is 0.293 e.